The molecule has 0 radical (unpaired) electrons. The molecule has 1 heterocycles. The van der Waals surface area contributed by atoms with Crippen molar-refractivity contribution in [1.82, 2.24) is 5.32 Å². The maximum atomic E-state index is 5.36. The lowest BCUT2D eigenvalue weighted by Gasteiger charge is -2.28. The maximum Gasteiger partial charge on any atom is 0.0876 e. The molecule has 2 atom stereocenters. The van der Waals surface area contributed by atoms with Crippen molar-refractivity contribution in [3.8, 4) is 0 Å². The normalized spacial score (nSPS) is 20.9. The summed E-state index contributed by atoms with van der Waals surface area (Å²) < 4.78 is 10.7. The number of hydrogen-bond acceptors (Lipinski definition) is 3. The van der Waals surface area contributed by atoms with Gasteiger partial charge in [-0.2, -0.15) is 0 Å². The highest BCUT2D eigenvalue weighted by Crippen LogP contribution is 2.18. The molecule has 1 aliphatic heterocycles. The van der Waals surface area contributed by atoms with Crippen LogP contribution in [0.3, 0.4) is 0 Å². The molecule has 0 aromatic carbocycles. The Morgan fingerprint density at radius 3 is 2.93 bits per heavy atom. The summed E-state index contributed by atoms with van der Waals surface area (Å²) in [5.41, 5.74) is 1.33. The summed E-state index contributed by atoms with van der Waals surface area (Å²) in [6.07, 6.45) is 4.32. The second-order valence-corrected chi connectivity index (χ2v) is 3.64. The Hall–Kier alpha value is -0.540. The third-order valence-corrected chi connectivity index (χ3v) is 2.63. The van der Waals surface area contributed by atoms with Crippen molar-refractivity contribution in [2.24, 2.45) is 0 Å². The van der Waals surface area contributed by atoms with Gasteiger partial charge in [-0.25, -0.2) is 0 Å². The first kappa shape index (κ1) is 11.5. The quantitative estimate of drug-likeness (QED) is 0.731. The monoisotopic (exact) mass is 199 g/mol. The Bertz CT molecular complexity index is 192. The molecule has 0 aliphatic carbocycles. The van der Waals surface area contributed by atoms with Gasteiger partial charge in [0, 0.05) is 7.11 Å². The summed E-state index contributed by atoms with van der Waals surface area (Å²) >= 11 is 0. The minimum atomic E-state index is 0.197. The molecule has 82 valence electrons. The Kier molecular flexibility index (Phi) is 4.98. The van der Waals surface area contributed by atoms with Crippen LogP contribution in [0.1, 0.15) is 26.7 Å². The number of likely N-dealkylation sites (N-methyl/N-ethyl adjacent to an activating group) is 1. The number of nitrogens with one attached hydrogen (secondary N) is 1. The molecule has 3 heteroatoms. The Morgan fingerprint density at radius 1 is 1.64 bits per heavy atom. The van der Waals surface area contributed by atoms with E-state index in [2.05, 4.69) is 19.2 Å². The van der Waals surface area contributed by atoms with E-state index in [1.807, 2.05) is 6.26 Å². The van der Waals surface area contributed by atoms with Crippen LogP contribution in [-0.2, 0) is 9.47 Å². The topological polar surface area (TPSA) is 30.5 Å². The molecule has 0 saturated heterocycles. The number of methoxy groups -OCH3 is 1. The molecule has 1 rings (SSSR count). The Balaban J connectivity index is 2.60. The van der Waals surface area contributed by atoms with Gasteiger partial charge in [0.05, 0.1) is 25.0 Å². The number of hydrogen-bond donors (Lipinski definition) is 1. The number of rotatable bonds is 5. The van der Waals surface area contributed by atoms with E-state index in [0.717, 1.165) is 26.0 Å². The zero-order chi connectivity index (χ0) is 10.4. The molecule has 14 heavy (non-hydrogen) atoms. The highest BCUT2D eigenvalue weighted by Gasteiger charge is 2.21. The van der Waals surface area contributed by atoms with Gasteiger partial charge in [-0.05, 0) is 31.9 Å². The van der Waals surface area contributed by atoms with Crippen molar-refractivity contribution in [2.45, 2.75) is 38.8 Å². The molecule has 3 nitrogen and oxygen atoms in total. The van der Waals surface area contributed by atoms with Gasteiger partial charge >= 0.3 is 0 Å². The molecule has 0 spiro atoms. The van der Waals surface area contributed by atoms with Gasteiger partial charge in [0.15, 0.2) is 0 Å². The van der Waals surface area contributed by atoms with E-state index >= 15 is 0 Å². The summed E-state index contributed by atoms with van der Waals surface area (Å²) in [5.74, 6) is 0. The van der Waals surface area contributed by atoms with E-state index in [1.54, 1.807) is 7.11 Å². The van der Waals surface area contributed by atoms with Crippen LogP contribution in [0.15, 0.2) is 11.8 Å². The average molecular weight is 199 g/mol. The standard InChI is InChI=1S/C11H21NO2/c1-4-12-11(9(2)13-3)10-6-5-7-14-8-10/h8-9,11-12H,4-7H2,1-3H3. The smallest absolute Gasteiger partial charge is 0.0876 e. The summed E-state index contributed by atoms with van der Waals surface area (Å²) in [5, 5.41) is 3.43. The minimum absolute atomic E-state index is 0.197. The summed E-state index contributed by atoms with van der Waals surface area (Å²) in [6, 6.07) is 0.297. The first-order chi connectivity index (χ1) is 6.79. The fourth-order valence-corrected chi connectivity index (χ4v) is 1.77. The van der Waals surface area contributed by atoms with Crippen molar-refractivity contribution < 1.29 is 9.47 Å². The lowest BCUT2D eigenvalue weighted by molar-refractivity contribution is 0.0890. The molecule has 0 saturated carbocycles. The van der Waals surface area contributed by atoms with E-state index in [-0.39, 0.29) is 6.10 Å². The minimum Gasteiger partial charge on any atom is -0.501 e. The first-order valence-electron chi connectivity index (χ1n) is 5.36. The Labute approximate surface area is 86.5 Å². The van der Waals surface area contributed by atoms with Gasteiger partial charge in [-0.15, -0.1) is 0 Å². The lowest BCUT2D eigenvalue weighted by Crippen LogP contribution is -2.41. The Morgan fingerprint density at radius 2 is 2.43 bits per heavy atom. The van der Waals surface area contributed by atoms with Crippen LogP contribution in [0.2, 0.25) is 0 Å². The van der Waals surface area contributed by atoms with Crippen LogP contribution in [0.4, 0.5) is 0 Å². The van der Waals surface area contributed by atoms with Gasteiger partial charge in [0.25, 0.3) is 0 Å². The second kappa shape index (κ2) is 6.04. The van der Waals surface area contributed by atoms with Crippen LogP contribution in [0, 0.1) is 0 Å². The molecule has 0 fully saturated rings. The molecular weight excluding hydrogens is 178 g/mol. The highest BCUT2D eigenvalue weighted by atomic mass is 16.5. The fraction of sp³-hybridized carbons (Fsp3) is 0.818. The average Bonchev–Trinajstić information content (AvgIpc) is 2.26. The SMILES string of the molecule is CCNC(C1=COCCC1)C(C)OC. The van der Waals surface area contributed by atoms with Crippen LogP contribution >= 0.6 is 0 Å². The van der Waals surface area contributed by atoms with Crippen molar-refractivity contribution in [1.29, 1.82) is 0 Å². The lowest BCUT2D eigenvalue weighted by atomic mass is 9.98. The second-order valence-electron chi connectivity index (χ2n) is 3.64. The molecule has 2 unspecified atom stereocenters. The number of ether oxygens (including phenoxy) is 2. The predicted octanol–water partition coefficient (Wildman–Crippen LogP) is 1.69. The molecule has 1 aliphatic rings. The molecule has 0 bridgehead atoms. The third-order valence-electron chi connectivity index (χ3n) is 2.63. The van der Waals surface area contributed by atoms with E-state index in [1.165, 1.54) is 5.57 Å². The van der Waals surface area contributed by atoms with Crippen molar-refractivity contribution in [3.05, 3.63) is 11.8 Å². The van der Waals surface area contributed by atoms with E-state index in [4.69, 9.17) is 9.47 Å². The van der Waals surface area contributed by atoms with Gasteiger partial charge in [0.2, 0.25) is 0 Å². The van der Waals surface area contributed by atoms with Gasteiger partial charge in [0.1, 0.15) is 0 Å². The van der Waals surface area contributed by atoms with Crippen molar-refractivity contribution >= 4 is 0 Å². The van der Waals surface area contributed by atoms with Gasteiger partial charge < -0.3 is 14.8 Å². The van der Waals surface area contributed by atoms with Gasteiger partial charge in [-0.1, -0.05) is 6.92 Å². The molecular formula is C11H21NO2. The molecule has 1 N–H and O–H groups in total. The van der Waals surface area contributed by atoms with Crippen LogP contribution in [-0.4, -0.2) is 32.4 Å². The molecule has 0 aromatic heterocycles. The molecule has 0 aromatic rings. The van der Waals surface area contributed by atoms with Crippen molar-refractivity contribution in [3.63, 3.8) is 0 Å². The molecule has 0 amide bonds. The fourth-order valence-electron chi connectivity index (χ4n) is 1.77. The summed E-state index contributed by atoms with van der Waals surface area (Å²) in [4.78, 5) is 0. The maximum absolute atomic E-state index is 5.36. The van der Waals surface area contributed by atoms with Gasteiger partial charge in [-0.3, -0.25) is 0 Å². The van der Waals surface area contributed by atoms with Crippen LogP contribution in [0.25, 0.3) is 0 Å². The van der Waals surface area contributed by atoms with E-state index in [9.17, 15) is 0 Å². The van der Waals surface area contributed by atoms with Crippen molar-refractivity contribution in [2.75, 3.05) is 20.3 Å². The summed E-state index contributed by atoms with van der Waals surface area (Å²) in [7, 11) is 1.75. The first-order valence-corrected chi connectivity index (χ1v) is 5.36. The third kappa shape index (κ3) is 3.00. The highest BCUT2D eigenvalue weighted by molar-refractivity contribution is 5.12. The summed E-state index contributed by atoms with van der Waals surface area (Å²) in [6.45, 7) is 6.00. The van der Waals surface area contributed by atoms with E-state index in [0.29, 0.717) is 6.04 Å². The van der Waals surface area contributed by atoms with Crippen LogP contribution < -0.4 is 5.32 Å². The zero-order valence-electron chi connectivity index (χ0n) is 9.38. The van der Waals surface area contributed by atoms with Crippen LogP contribution in [0.5, 0.6) is 0 Å². The predicted molar refractivity (Wildman–Crippen MR) is 57.2 cm³/mol. The largest absolute Gasteiger partial charge is 0.501 e. The van der Waals surface area contributed by atoms with E-state index < -0.39 is 0 Å². The zero-order valence-corrected chi connectivity index (χ0v) is 9.38.